The highest BCUT2D eigenvalue weighted by molar-refractivity contribution is 7.80. The summed E-state index contributed by atoms with van der Waals surface area (Å²) in [6.45, 7) is 2.23. The zero-order valence-corrected chi connectivity index (χ0v) is 12.0. The van der Waals surface area contributed by atoms with Crippen LogP contribution in [0.4, 0.5) is 11.4 Å². The van der Waals surface area contributed by atoms with E-state index in [0.717, 1.165) is 28.6 Å². The topological polar surface area (TPSA) is 60.3 Å². The molecular formula is C13H14N4O2S. The Balaban J connectivity index is 1.68. The fraction of sp³-hybridized carbons (Fsp3) is 0.231. The van der Waals surface area contributed by atoms with Gasteiger partial charge in [0.25, 0.3) is 0 Å². The molecule has 7 heteroatoms. The molecule has 0 saturated carbocycles. The zero-order chi connectivity index (χ0) is 14.1. The Kier molecular flexibility index (Phi) is 3.19. The number of hydrogen-bond donors (Lipinski definition) is 2. The Morgan fingerprint density at radius 1 is 1.30 bits per heavy atom. The molecule has 0 radical (unpaired) electrons. The number of anilines is 2. The fourth-order valence-corrected chi connectivity index (χ4v) is 2.11. The van der Waals surface area contributed by atoms with E-state index in [1.54, 1.807) is 10.9 Å². The molecule has 2 N–H and O–H groups in total. The quantitative estimate of drug-likeness (QED) is 0.827. The van der Waals surface area contributed by atoms with Gasteiger partial charge in [0.2, 0.25) is 6.79 Å². The Labute approximate surface area is 121 Å². The Morgan fingerprint density at radius 2 is 2.10 bits per heavy atom. The number of ether oxygens (including phenoxy) is 2. The average Bonchev–Trinajstić information content (AvgIpc) is 3.00. The number of aryl methyl sites for hydroxylation is 1. The molecule has 0 amide bonds. The number of fused-ring (bicyclic) bond motifs is 1. The largest absolute Gasteiger partial charge is 0.454 e. The number of benzene rings is 1. The van der Waals surface area contributed by atoms with Gasteiger partial charge in [-0.3, -0.25) is 4.68 Å². The molecule has 0 spiro atoms. The van der Waals surface area contributed by atoms with Crippen molar-refractivity contribution in [2.45, 2.75) is 6.92 Å². The van der Waals surface area contributed by atoms with Gasteiger partial charge in [0.1, 0.15) is 0 Å². The molecule has 0 atom stereocenters. The smallest absolute Gasteiger partial charge is 0.231 e. The van der Waals surface area contributed by atoms with Crippen LogP contribution in [-0.4, -0.2) is 21.7 Å². The Morgan fingerprint density at radius 3 is 2.85 bits per heavy atom. The van der Waals surface area contributed by atoms with Crippen molar-refractivity contribution in [2.24, 2.45) is 7.05 Å². The van der Waals surface area contributed by atoms with E-state index in [-0.39, 0.29) is 6.79 Å². The van der Waals surface area contributed by atoms with E-state index in [4.69, 9.17) is 21.7 Å². The normalized spacial score (nSPS) is 12.3. The van der Waals surface area contributed by atoms with E-state index in [0.29, 0.717) is 5.11 Å². The van der Waals surface area contributed by atoms with Crippen molar-refractivity contribution in [3.8, 4) is 11.5 Å². The maximum Gasteiger partial charge on any atom is 0.231 e. The minimum absolute atomic E-state index is 0.260. The summed E-state index contributed by atoms with van der Waals surface area (Å²) in [7, 11) is 1.88. The second-order valence-corrected chi connectivity index (χ2v) is 4.82. The molecule has 20 heavy (non-hydrogen) atoms. The predicted molar refractivity (Wildman–Crippen MR) is 80.4 cm³/mol. The van der Waals surface area contributed by atoms with E-state index in [2.05, 4.69) is 15.7 Å². The molecule has 104 valence electrons. The molecule has 3 rings (SSSR count). The van der Waals surface area contributed by atoms with E-state index in [9.17, 15) is 0 Å². The van der Waals surface area contributed by atoms with Crippen molar-refractivity contribution in [1.82, 2.24) is 9.78 Å². The molecule has 2 aromatic rings. The van der Waals surface area contributed by atoms with E-state index < -0.39 is 0 Å². The third-order valence-corrected chi connectivity index (χ3v) is 3.32. The van der Waals surface area contributed by atoms with Gasteiger partial charge >= 0.3 is 0 Å². The lowest BCUT2D eigenvalue weighted by molar-refractivity contribution is 0.174. The first-order valence-electron chi connectivity index (χ1n) is 6.10. The first kappa shape index (κ1) is 12.7. The van der Waals surface area contributed by atoms with Crippen molar-refractivity contribution in [1.29, 1.82) is 0 Å². The molecule has 2 heterocycles. The molecule has 0 saturated heterocycles. The van der Waals surface area contributed by atoms with Crippen LogP contribution >= 0.6 is 12.2 Å². The fourth-order valence-electron chi connectivity index (χ4n) is 1.88. The summed E-state index contributed by atoms with van der Waals surface area (Å²) < 4.78 is 12.4. The summed E-state index contributed by atoms with van der Waals surface area (Å²) in [6.07, 6.45) is 1.74. The van der Waals surface area contributed by atoms with Crippen molar-refractivity contribution < 1.29 is 9.47 Å². The molecule has 6 nitrogen and oxygen atoms in total. The van der Waals surface area contributed by atoms with E-state index >= 15 is 0 Å². The van der Waals surface area contributed by atoms with Crippen molar-refractivity contribution >= 4 is 28.7 Å². The molecule has 0 unspecified atom stereocenters. The summed E-state index contributed by atoms with van der Waals surface area (Å²) in [5.41, 5.74) is 2.74. The SMILES string of the molecule is Cc1c(NC(=S)Nc2ccc3c(c2)OCO3)cnn1C. The van der Waals surface area contributed by atoms with Gasteiger partial charge in [-0.15, -0.1) is 0 Å². The molecule has 1 aliphatic rings. The number of nitrogens with zero attached hydrogens (tertiary/aromatic N) is 2. The lowest BCUT2D eigenvalue weighted by Gasteiger charge is -2.10. The van der Waals surface area contributed by atoms with Gasteiger partial charge in [0.15, 0.2) is 16.6 Å². The monoisotopic (exact) mass is 290 g/mol. The number of aromatic nitrogens is 2. The van der Waals surface area contributed by atoms with Gasteiger partial charge in [0.05, 0.1) is 17.6 Å². The molecule has 0 fully saturated rings. The van der Waals surface area contributed by atoms with Crippen LogP contribution in [0, 0.1) is 6.92 Å². The Hall–Kier alpha value is -2.28. The van der Waals surface area contributed by atoms with Crippen LogP contribution in [0.2, 0.25) is 0 Å². The summed E-state index contributed by atoms with van der Waals surface area (Å²) in [5.74, 6) is 1.47. The van der Waals surface area contributed by atoms with Gasteiger partial charge in [-0.05, 0) is 31.3 Å². The molecule has 1 aliphatic heterocycles. The third-order valence-electron chi connectivity index (χ3n) is 3.11. The van der Waals surface area contributed by atoms with Crippen molar-refractivity contribution in [3.63, 3.8) is 0 Å². The second kappa shape index (κ2) is 5.01. The number of hydrogen-bond acceptors (Lipinski definition) is 4. The third kappa shape index (κ3) is 2.39. The Bertz CT molecular complexity index is 668. The number of rotatable bonds is 2. The molecule has 0 bridgehead atoms. The van der Waals surface area contributed by atoms with E-state index in [1.807, 2.05) is 32.2 Å². The lowest BCUT2D eigenvalue weighted by Crippen LogP contribution is -2.19. The minimum Gasteiger partial charge on any atom is -0.454 e. The maximum absolute atomic E-state index is 5.32. The van der Waals surface area contributed by atoms with E-state index in [1.165, 1.54) is 0 Å². The van der Waals surface area contributed by atoms with Crippen LogP contribution in [0.15, 0.2) is 24.4 Å². The molecular weight excluding hydrogens is 276 g/mol. The lowest BCUT2D eigenvalue weighted by atomic mass is 10.3. The summed E-state index contributed by atoms with van der Waals surface area (Å²) in [5, 5.41) is 10.9. The predicted octanol–water partition coefficient (Wildman–Crippen LogP) is 2.27. The first-order chi connectivity index (χ1) is 9.63. The number of nitrogens with one attached hydrogen (secondary N) is 2. The highest BCUT2D eigenvalue weighted by Gasteiger charge is 2.13. The van der Waals surface area contributed by atoms with Crippen LogP contribution in [0.5, 0.6) is 11.5 Å². The number of thiocarbonyl (C=S) groups is 1. The minimum atomic E-state index is 0.260. The van der Waals surface area contributed by atoms with Gasteiger partial charge in [-0.1, -0.05) is 0 Å². The van der Waals surface area contributed by atoms with Crippen LogP contribution in [0.1, 0.15) is 5.69 Å². The van der Waals surface area contributed by atoms with Crippen LogP contribution in [-0.2, 0) is 7.05 Å². The zero-order valence-electron chi connectivity index (χ0n) is 11.1. The molecule has 1 aromatic carbocycles. The van der Waals surface area contributed by atoms with Crippen LogP contribution < -0.4 is 20.1 Å². The van der Waals surface area contributed by atoms with Crippen LogP contribution in [0.3, 0.4) is 0 Å². The first-order valence-corrected chi connectivity index (χ1v) is 6.50. The summed E-state index contributed by atoms with van der Waals surface area (Å²) >= 11 is 5.28. The standard InChI is InChI=1S/C13H14N4O2S/c1-8-10(6-14-17(8)2)16-13(20)15-9-3-4-11-12(5-9)19-7-18-11/h3-6H,7H2,1-2H3,(H2,15,16,20). The average molecular weight is 290 g/mol. The highest BCUT2D eigenvalue weighted by atomic mass is 32.1. The van der Waals surface area contributed by atoms with Gasteiger partial charge in [-0.25, -0.2) is 0 Å². The van der Waals surface area contributed by atoms with Gasteiger partial charge in [-0.2, -0.15) is 5.10 Å². The van der Waals surface area contributed by atoms with Crippen molar-refractivity contribution in [2.75, 3.05) is 17.4 Å². The highest BCUT2D eigenvalue weighted by Crippen LogP contribution is 2.34. The maximum atomic E-state index is 5.32. The molecule has 1 aromatic heterocycles. The van der Waals surface area contributed by atoms with Gasteiger partial charge < -0.3 is 20.1 Å². The van der Waals surface area contributed by atoms with Crippen molar-refractivity contribution in [3.05, 3.63) is 30.1 Å². The summed E-state index contributed by atoms with van der Waals surface area (Å²) in [6, 6.07) is 5.59. The second-order valence-electron chi connectivity index (χ2n) is 4.41. The van der Waals surface area contributed by atoms with Gasteiger partial charge in [0, 0.05) is 18.8 Å². The summed E-state index contributed by atoms with van der Waals surface area (Å²) in [4.78, 5) is 0. The molecule has 0 aliphatic carbocycles. The van der Waals surface area contributed by atoms with Crippen LogP contribution in [0.25, 0.3) is 0 Å².